The number of likely N-dealkylation sites (N-methyl/N-ethyl adjacent to an activating group) is 1. The van der Waals surface area contributed by atoms with Crippen LogP contribution in [0.2, 0.25) is 0 Å². The summed E-state index contributed by atoms with van der Waals surface area (Å²) >= 11 is 0. The highest BCUT2D eigenvalue weighted by atomic mass is 16.4. The summed E-state index contributed by atoms with van der Waals surface area (Å²) in [7, 11) is 1.79. The summed E-state index contributed by atoms with van der Waals surface area (Å²) in [6, 6.07) is 0.160. The van der Waals surface area contributed by atoms with E-state index >= 15 is 0 Å². The van der Waals surface area contributed by atoms with Crippen LogP contribution >= 0.6 is 0 Å². The summed E-state index contributed by atoms with van der Waals surface area (Å²) < 4.78 is 0. The van der Waals surface area contributed by atoms with Crippen LogP contribution in [0.3, 0.4) is 0 Å². The number of amides is 2. The number of hydrogen-bond donors (Lipinski definition) is 6. The van der Waals surface area contributed by atoms with Crippen LogP contribution in [0.1, 0.15) is 79.1 Å². The lowest BCUT2D eigenvalue weighted by molar-refractivity contribution is -0.140. The van der Waals surface area contributed by atoms with Gasteiger partial charge in [0.05, 0.1) is 32.2 Å². The molecule has 0 aromatic heterocycles. The van der Waals surface area contributed by atoms with Crippen LogP contribution in [0.15, 0.2) is 0 Å². The minimum absolute atomic E-state index is 0.00161. The molecular weight excluding hydrogens is 650 g/mol. The third-order valence-electron chi connectivity index (χ3n) is 8.48. The first-order valence-electron chi connectivity index (χ1n) is 18.0. The topological polar surface area (TPSA) is 212 Å². The fourth-order valence-corrected chi connectivity index (χ4v) is 5.80. The Morgan fingerprint density at radius 2 is 1.04 bits per heavy atom. The molecule has 1 aliphatic heterocycles. The van der Waals surface area contributed by atoms with Crippen LogP contribution in [0.25, 0.3) is 0 Å². The van der Waals surface area contributed by atoms with E-state index in [2.05, 4.69) is 16.0 Å². The predicted molar refractivity (Wildman–Crippen MR) is 191 cm³/mol. The molecule has 2 aliphatic rings. The van der Waals surface area contributed by atoms with Gasteiger partial charge in [0.2, 0.25) is 11.8 Å². The number of carbonyl (C=O) groups is 6. The molecule has 0 spiro atoms. The fourth-order valence-electron chi connectivity index (χ4n) is 5.80. The molecule has 1 saturated heterocycles. The molecule has 1 saturated carbocycles. The Morgan fingerprint density at radius 3 is 1.38 bits per heavy atom. The number of unbranched alkanes of at least 4 members (excludes halogenated alkanes) is 1. The monoisotopic (exact) mass is 715 g/mol. The normalized spacial score (nSPS) is 18.0. The molecule has 1 aliphatic carbocycles. The van der Waals surface area contributed by atoms with Gasteiger partial charge in [-0.25, -0.2) is 0 Å². The predicted octanol–water partition coefficient (Wildman–Crippen LogP) is 0.407. The highest BCUT2D eigenvalue weighted by Crippen LogP contribution is 2.17. The zero-order valence-corrected chi connectivity index (χ0v) is 31.1. The van der Waals surface area contributed by atoms with Gasteiger partial charge in [0, 0.05) is 71.9 Å². The molecular formula is C34H65N7O9. The zero-order chi connectivity index (χ0) is 37.9. The van der Waals surface area contributed by atoms with Crippen LogP contribution in [-0.4, -0.2) is 175 Å². The summed E-state index contributed by atoms with van der Waals surface area (Å²) in [6.45, 7) is 10.6. The third kappa shape index (κ3) is 24.9. The summed E-state index contributed by atoms with van der Waals surface area (Å²) in [4.78, 5) is 75.3. The number of aliphatic carboxylic acids is 3. The Bertz CT molecular complexity index is 980. The van der Waals surface area contributed by atoms with Crippen molar-refractivity contribution in [2.45, 2.75) is 91.1 Å². The Hall–Kier alpha value is -3.18. The van der Waals surface area contributed by atoms with E-state index in [9.17, 15) is 44.1 Å². The van der Waals surface area contributed by atoms with Crippen molar-refractivity contribution in [3.63, 3.8) is 0 Å². The van der Waals surface area contributed by atoms with E-state index in [1.54, 1.807) is 28.7 Å². The van der Waals surface area contributed by atoms with Crippen LogP contribution < -0.4 is 16.0 Å². The third-order valence-corrected chi connectivity index (χ3v) is 8.48. The molecule has 16 nitrogen and oxygen atoms in total. The summed E-state index contributed by atoms with van der Waals surface area (Å²) in [5, 5.41) is 36.6. The molecule has 1 atom stereocenters. The Kier molecular flexibility index (Phi) is 26.7. The van der Waals surface area contributed by atoms with Crippen molar-refractivity contribution >= 4 is 35.5 Å². The van der Waals surface area contributed by atoms with Gasteiger partial charge in [-0.3, -0.25) is 48.4 Å². The number of nitrogens with one attached hydrogen (secondary N) is 3. The van der Waals surface area contributed by atoms with Crippen molar-refractivity contribution in [1.82, 2.24) is 35.6 Å². The van der Waals surface area contributed by atoms with Gasteiger partial charge in [0.25, 0.3) is 0 Å². The Morgan fingerprint density at radius 1 is 0.640 bits per heavy atom. The Balaban J connectivity index is 0.00000126. The number of hydrogen-bond acceptors (Lipinski definition) is 11. The smallest absolute Gasteiger partial charge is 0.317 e. The van der Waals surface area contributed by atoms with E-state index in [4.69, 9.17) is 0 Å². The average Bonchev–Trinajstić information content (AvgIpc) is 3.04. The second kappa shape index (κ2) is 28.5. The van der Waals surface area contributed by atoms with E-state index < -0.39 is 17.9 Å². The number of carboxylic acid groups (broad SMARTS) is 3. The molecule has 290 valence electrons. The number of carboxylic acids is 3. The maximum atomic E-state index is 12.7. The quantitative estimate of drug-likeness (QED) is 0.120. The number of Topliss-reactive ketones (excluding diaryl/α,β-unsaturated/α-hetero) is 1. The van der Waals surface area contributed by atoms with Gasteiger partial charge in [0.15, 0.2) is 0 Å². The fraction of sp³-hybridized carbons (Fsp3) is 0.824. The molecule has 16 heteroatoms. The number of nitrogens with zero attached hydrogens (tertiary/aromatic N) is 4. The van der Waals surface area contributed by atoms with Crippen molar-refractivity contribution in [3.05, 3.63) is 0 Å². The largest absolute Gasteiger partial charge is 0.480 e. The van der Waals surface area contributed by atoms with Gasteiger partial charge in [-0.05, 0) is 46.1 Å². The highest BCUT2D eigenvalue weighted by Gasteiger charge is 2.22. The van der Waals surface area contributed by atoms with Gasteiger partial charge < -0.3 is 31.3 Å². The SMILES string of the molecule is CC.CNC(CCCCNC(C)=O)C(C)=O.O=C(O)CN1CCN(CC(=O)O)CCN(CC(=O)NC2CCCCC2)CCN(CC(=O)O)CC1. The van der Waals surface area contributed by atoms with Crippen LogP contribution in [-0.2, 0) is 28.8 Å². The molecule has 6 N–H and O–H groups in total. The molecule has 2 fully saturated rings. The molecule has 2 amide bonds. The van der Waals surface area contributed by atoms with Gasteiger partial charge in [-0.2, -0.15) is 0 Å². The molecule has 0 aromatic rings. The van der Waals surface area contributed by atoms with Crippen molar-refractivity contribution < 1.29 is 44.1 Å². The minimum atomic E-state index is -0.989. The molecule has 0 bridgehead atoms. The van der Waals surface area contributed by atoms with E-state index in [1.165, 1.54) is 13.3 Å². The first kappa shape index (κ1) is 46.8. The van der Waals surface area contributed by atoms with Crippen LogP contribution in [0.4, 0.5) is 0 Å². The van der Waals surface area contributed by atoms with Crippen molar-refractivity contribution in [2.24, 2.45) is 0 Å². The first-order valence-corrected chi connectivity index (χ1v) is 18.0. The lowest BCUT2D eigenvalue weighted by atomic mass is 9.95. The molecule has 0 aromatic carbocycles. The van der Waals surface area contributed by atoms with Crippen LogP contribution in [0, 0.1) is 0 Å². The molecule has 1 unspecified atom stereocenters. The summed E-state index contributed by atoms with van der Waals surface area (Å²) in [5.74, 6) is -2.82. The summed E-state index contributed by atoms with van der Waals surface area (Å²) in [5.41, 5.74) is 0. The van der Waals surface area contributed by atoms with E-state index in [1.807, 2.05) is 18.7 Å². The van der Waals surface area contributed by atoms with Gasteiger partial charge in [0.1, 0.15) is 5.78 Å². The number of rotatable bonds is 16. The van der Waals surface area contributed by atoms with Crippen LogP contribution in [0.5, 0.6) is 0 Å². The maximum absolute atomic E-state index is 12.7. The standard InChI is InChI=1S/C22H39N5O7.C10H20N2O2.C2H6/c28-19(23-18-4-2-1-3-5-18)14-24-6-8-25(15-20(29)30)10-12-27(17-22(33)34)13-11-26(9-7-24)16-21(31)32;1-8(13)10(11-3)6-4-5-7-12-9(2)14;1-2/h18H,1-17H2,(H,23,28)(H,29,30)(H,31,32)(H,33,34);10-11H,4-7H2,1-3H3,(H,12,14);1-2H3. The number of carbonyl (C=O) groups excluding carboxylic acids is 3. The molecule has 0 radical (unpaired) electrons. The molecule has 2 rings (SSSR count). The van der Waals surface area contributed by atoms with E-state index in [0.717, 1.165) is 44.9 Å². The second-order valence-corrected chi connectivity index (χ2v) is 12.6. The zero-order valence-electron chi connectivity index (χ0n) is 31.1. The summed E-state index contributed by atoms with van der Waals surface area (Å²) in [6.07, 6.45) is 8.10. The lowest BCUT2D eigenvalue weighted by Crippen LogP contribution is -2.50. The maximum Gasteiger partial charge on any atom is 0.317 e. The minimum Gasteiger partial charge on any atom is -0.480 e. The number of ketones is 1. The molecule has 50 heavy (non-hydrogen) atoms. The van der Waals surface area contributed by atoms with Crippen molar-refractivity contribution in [3.8, 4) is 0 Å². The highest BCUT2D eigenvalue weighted by molar-refractivity contribution is 5.81. The van der Waals surface area contributed by atoms with Gasteiger partial charge in [-0.1, -0.05) is 33.1 Å². The van der Waals surface area contributed by atoms with E-state index in [0.29, 0.717) is 58.9 Å². The van der Waals surface area contributed by atoms with Crippen molar-refractivity contribution in [2.75, 3.05) is 92.1 Å². The van der Waals surface area contributed by atoms with Gasteiger partial charge in [-0.15, -0.1) is 0 Å². The van der Waals surface area contributed by atoms with E-state index in [-0.39, 0.29) is 55.9 Å². The first-order chi connectivity index (χ1) is 23.8. The lowest BCUT2D eigenvalue weighted by Gasteiger charge is -2.33. The Labute approximate surface area is 298 Å². The van der Waals surface area contributed by atoms with Gasteiger partial charge >= 0.3 is 17.9 Å². The van der Waals surface area contributed by atoms with Crippen molar-refractivity contribution in [1.29, 1.82) is 0 Å². The molecule has 1 heterocycles. The average molecular weight is 716 g/mol. The second-order valence-electron chi connectivity index (χ2n) is 12.6.